The van der Waals surface area contributed by atoms with E-state index in [4.69, 9.17) is 15.9 Å². The van der Waals surface area contributed by atoms with Crippen molar-refractivity contribution in [1.29, 1.82) is 5.41 Å². The third kappa shape index (κ3) is 5.70. The highest BCUT2D eigenvalue weighted by Crippen LogP contribution is 2.21. The lowest BCUT2D eigenvalue weighted by Gasteiger charge is -2.20. The van der Waals surface area contributed by atoms with Gasteiger partial charge in [-0.3, -0.25) is 19.5 Å². The van der Waals surface area contributed by atoms with Crippen molar-refractivity contribution in [1.82, 2.24) is 4.57 Å². The molecule has 0 bridgehead atoms. The normalized spacial score (nSPS) is 12.1. The van der Waals surface area contributed by atoms with Crippen LogP contribution in [-0.4, -0.2) is 31.4 Å². The number of ether oxygens (including phenoxy) is 1. The largest absolute Gasteiger partial charge is 0.464 e. The monoisotopic (exact) mass is 518 g/mol. The molecule has 0 fully saturated rings. The molecule has 10 heteroatoms. The van der Waals surface area contributed by atoms with Crippen LogP contribution in [0.5, 0.6) is 0 Å². The highest BCUT2D eigenvalue weighted by Gasteiger charge is 2.25. The van der Waals surface area contributed by atoms with Crippen molar-refractivity contribution in [2.24, 2.45) is 5.73 Å². The number of rotatable bonds is 9. The second-order valence-electron chi connectivity index (χ2n) is 8.33. The fourth-order valence-electron chi connectivity index (χ4n) is 3.95. The van der Waals surface area contributed by atoms with Crippen LogP contribution in [0.15, 0.2) is 94.7 Å². The van der Waals surface area contributed by atoms with Gasteiger partial charge in [0.05, 0.1) is 11.5 Å². The lowest BCUT2D eigenvalue weighted by molar-refractivity contribution is -0.147. The van der Waals surface area contributed by atoms with Crippen LogP contribution < -0.4 is 16.0 Å². The number of aromatic nitrogens is 1. The zero-order valence-electron chi connectivity index (χ0n) is 20.0. The summed E-state index contributed by atoms with van der Waals surface area (Å²) in [6.45, 7) is 1.77. The van der Waals surface area contributed by atoms with Crippen LogP contribution in [0.2, 0.25) is 0 Å². The topological polar surface area (TPSA) is 144 Å². The van der Waals surface area contributed by atoms with Crippen molar-refractivity contribution in [3.8, 4) is 0 Å². The summed E-state index contributed by atoms with van der Waals surface area (Å²) in [6.07, 6.45) is 1.53. The fraction of sp³-hybridized carbons (Fsp3) is 0.148. The highest BCUT2D eigenvalue weighted by molar-refractivity contribution is 7.92. The highest BCUT2D eigenvalue weighted by atomic mass is 32.2. The quantitative estimate of drug-likeness (QED) is 0.176. The van der Waals surface area contributed by atoms with E-state index in [1.165, 1.54) is 30.5 Å². The van der Waals surface area contributed by atoms with Crippen LogP contribution >= 0.6 is 0 Å². The molecule has 9 nitrogen and oxygen atoms in total. The molecule has 4 rings (SSSR count). The van der Waals surface area contributed by atoms with E-state index in [1.807, 2.05) is 18.2 Å². The number of hydrogen-bond acceptors (Lipinski definition) is 6. The van der Waals surface area contributed by atoms with Gasteiger partial charge in [-0.25, -0.2) is 13.2 Å². The van der Waals surface area contributed by atoms with E-state index in [1.54, 1.807) is 43.3 Å². The smallest absolute Gasteiger partial charge is 0.329 e. The van der Waals surface area contributed by atoms with Gasteiger partial charge < -0.3 is 10.5 Å². The number of nitrogens with zero attached hydrogens (tertiary/aromatic N) is 1. The van der Waals surface area contributed by atoms with E-state index in [-0.39, 0.29) is 29.4 Å². The van der Waals surface area contributed by atoms with Crippen LogP contribution in [0, 0.1) is 5.41 Å². The average Bonchev–Trinajstić information content (AvgIpc) is 2.88. The molecule has 0 aliphatic rings. The van der Waals surface area contributed by atoms with Crippen molar-refractivity contribution < 1.29 is 17.9 Å². The molecule has 0 saturated heterocycles. The summed E-state index contributed by atoms with van der Waals surface area (Å²) in [6, 6.07) is 20.6. The summed E-state index contributed by atoms with van der Waals surface area (Å²) >= 11 is 0. The van der Waals surface area contributed by atoms with Gasteiger partial charge in [0.1, 0.15) is 17.6 Å². The number of benzene rings is 3. The number of nitrogens with one attached hydrogen (secondary N) is 2. The van der Waals surface area contributed by atoms with E-state index >= 15 is 0 Å². The first-order chi connectivity index (χ1) is 17.7. The number of hydrogen-bond donors (Lipinski definition) is 3. The van der Waals surface area contributed by atoms with Gasteiger partial charge in [0, 0.05) is 18.2 Å². The van der Waals surface area contributed by atoms with E-state index in [9.17, 15) is 18.0 Å². The summed E-state index contributed by atoms with van der Waals surface area (Å²) in [7, 11) is -4.08. The molecule has 0 aliphatic carbocycles. The molecule has 0 aliphatic heterocycles. The molecular formula is C27H26N4O5S. The molecule has 190 valence electrons. The predicted molar refractivity (Wildman–Crippen MR) is 142 cm³/mol. The molecule has 1 heterocycles. The molecule has 3 aromatic carbocycles. The maximum atomic E-state index is 13.4. The number of amidine groups is 1. The minimum Gasteiger partial charge on any atom is -0.464 e. The molecule has 4 aromatic rings. The van der Waals surface area contributed by atoms with Crippen LogP contribution in [0.1, 0.15) is 24.1 Å². The Bertz CT molecular complexity index is 1630. The molecule has 4 N–H and O–H groups in total. The summed E-state index contributed by atoms with van der Waals surface area (Å²) < 4.78 is 35.0. The first-order valence-electron chi connectivity index (χ1n) is 11.5. The van der Waals surface area contributed by atoms with Crippen LogP contribution in [0.4, 0.5) is 5.69 Å². The molecular weight excluding hydrogens is 492 g/mol. The van der Waals surface area contributed by atoms with Crippen molar-refractivity contribution in [3.63, 3.8) is 0 Å². The van der Waals surface area contributed by atoms with Crippen LogP contribution in [0.3, 0.4) is 0 Å². The van der Waals surface area contributed by atoms with Crippen molar-refractivity contribution in [3.05, 3.63) is 107 Å². The first-order valence-corrected chi connectivity index (χ1v) is 13.0. The third-order valence-electron chi connectivity index (χ3n) is 5.84. The second kappa shape index (κ2) is 10.7. The molecule has 1 unspecified atom stereocenters. The second-order valence-corrected chi connectivity index (χ2v) is 10.0. The van der Waals surface area contributed by atoms with Gasteiger partial charge in [-0.2, -0.15) is 0 Å². The molecule has 1 aromatic heterocycles. The Balaban J connectivity index is 1.67. The molecule has 0 saturated carbocycles. The number of carbonyl (C=O) groups is 1. The Morgan fingerprint density at radius 2 is 1.73 bits per heavy atom. The number of nitrogens with two attached hydrogens (primary N) is 1. The molecule has 0 amide bonds. The van der Waals surface area contributed by atoms with E-state index < -0.39 is 27.6 Å². The molecule has 37 heavy (non-hydrogen) atoms. The predicted octanol–water partition coefficient (Wildman–Crippen LogP) is 3.43. The van der Waals surface area contributed by atoms with Gasteiger partial charge in [0.2, 0.25) is 0 Å². The number of sulfonamides is 1. The molecule has 0 spiro atoms. The number of anilines is 1. The number of fused-ring (bicyclic) bond motifs is 1. The summed E-state index contributed by atoms with van der Waals surface area (Å²) in [5.74, 6) is -0.717. The summed E-state index contributed by atoms with van der Waals surface area (Å²) in [5.41, 5.74) is 5.85. The minimum atomic E-state index is -4.08. The number of pyridine rings is 1. The van der Waals surface area contributed by atoms with E-state index in [0.717, 1.165) is 15.3 Å². The lowest BCUT2D eigenvalue weighted by Crippen LogP contribution is -2.34. The lowest BCUT2D eigenvalue weighted by atomic mass is 10.0. The van der Waals surface area contributed by atoms with Crippen molar-refractivity contribution in [2.45, 2.75) is 24.3 Å². The third-order valence-corrected chi connectivity index (χ3v) is 7.20. The van der Waals surface area contributed by atoms with Crippen LogP contribution in [-0.2, 0) is 26.0 Å². The van der Waals surface area contributed by atoms with E-state index in [0.29, 0.717) is 11.1 Å². The van der Waals surface area contributed by atoms with Gasteiger partial charge in [-0.1, -0.05) is 54.6 Å². The SMILES string of the molecule is CCOC(=O)C(Cc1ccc(C(=N)N)cc1)n1cccc(NS(=O)(=O)c2ccc3ccccc3c2)c1=O. The maximum absolute atomic E-state index is 13.4. The van der Waals surface area contributed by atoms with E-state index in [2.05, 4.69) is 4.72 Å². The van der Waals surface area contributed by atoms with Crippen molar-refractivity contribution in [2.75, 3.05) is 11.3 Å². The van der Waals surface area contributed by atoms with Gasteiger partial charge in [0.25, 0.3) is 15.6 Å². The first kappa shape index (κ1) is 25.6. The summed E-state index contributed by atoms with van der Waals surface area (Å²) in [5, 5.41) is 9.16. The number of carbonyl (C=O) groups excluding carboxylic acids is 1. The molecule has 1 atom stereocenters. The van der Waals surface area contributed by atoms with Gasteiger partial charge in [-0.15, -0.1) is 0 Å². The molecule has 0 radical (unpaired) electrons. The Morgan fingerprint density at radius 1 is 1.03 bits per heavy atom. The summed E-state index contributed by atoms with van der Waals surface area (Å²) in [4.78, 5) is 26.2. The Hall–Kier alpha value is -4.44. The Labute approximate surface area is 214 Å². The maximum Gasteiger partial charge on any atom is 0.329 e. The van der Waals surface area contributed by atoms with Crippen molar-refractivity contribution >= 4 is 38.3 Å². The Morgan fingerprint density at radius 3 is 2.41 bits per heavy atom. The Kier molecular flexibility index (Phi) is 7.40. The number of nitrogen functional groups attached to an aromatic ring is 1. The standard InChI is InChI=1S/C27H26N4O5S/c1-2-36-27(33)24(16-18-9-11-20(12-10-18)25(28)29)31-15-5-8-23(26(31)32)30-37(34,35)22-14-13-19-6-3-4-7-21(19)17-22/h3-15,17,24,30H,2,16H2,1H3,(H3,28,29). The van der Waals surface area contributed by atoms with Gasteiger partial charge >= 0.3 is 5.97 Å². The number of esters is 1. The fourth-order valence-corrected chi connectivity index (χ4v) is 5.04. The zero-order valence-corrected chi connectivity index (χ0v) is 20.9. The average molecular weight is 519 g/mol. The van der Waals surface area contributed by atoms with Gasteiger partial charge in [0.15, 0.2) is 0 Å². The van der Waals surface area contributed by atoms with Crippen LogP contribution in [0.25, 0.3) is 10.8 Å². The van der Waals surface area contributed by atoms with Gasteiger partial charge in [-0.05, 0) is 47.5 Å². The zero-order chi connectivity index (χ0) is 26.6. The minimum absolute atomic E-state index is 0.00788.